The van der Waals surface area contributed by atoms with Crippen LogP contribution in [0.4, 0.5) is 5.82 Å². The summed E-state index contributed by atoms with van der Waals surface area (Å²) in [5.41, 5.74) is -0.132. The Balaban J connectivity index is 2.10. The van der Waals surface area contributed by atoms with Crippen molar-refractivity contribution in [3.63, 3.8) is 0 Å². The van der Waals surface area contributed by atoms with E-state index in [1.807, 2.05) is 0 Å². The zero-order valence-electron chi connectivity index (χ0n) is 9.86. The zero-order valence-corrected chi connectivity index (χ0v) is 9.86. The van der Waals surface area contributed by atoms with Gasteiger partial charge in [-0.05, 0) is 18.3 Å². The van der Waals surface area contributed by atoms with Gasteiger partial charge in [-0.15, -0.1) is 0 Å². The highest BCUT2D eigenvalue weighted by atomic mass is 16.1. The smallest absolute Gasteiger partial charge is 0.290 e. The fourth-order valence-electron chi connectivity index (χ4n) is 2.42. The Morgan fingerprint density at radius 2 is 2.25 bits per heavy atom. The maximum Gasteiger partial charge on any atom is 0.290 e. The molecule has 3 unspecified atom stereocenters. The molecule has 16 heavy (non-hydrogen) atoms. The van der Waals surface area contributed by atoms with Gasteiger partial charge in [-0.1, -0.05) is 26.7 Å². The molecular weight excluding hydrogens is 202 g/mol. The lowest BCUT2D eigenvalue weighted by Gasteiger charge is -2.34. The number of nitrogens with one attached hydrogen (secondary N) is 2. The molecule has 2 N–H and O–H groups in total. The van der Waals surface area contributed by atoms with Gasteiger partial charge >= 0.3 is 0 Å². The van der Waals surface area contributed by atoms with E-state index in [1.165, 1.54) is 12.8 Å². The summed E-state index contributed by atoms with van der Waals surface area (Å²) in [6.07, 6.45) is 6.81. The van der Waals surface area contributed by atoms with Crippen LogP contribution in [0.25, 0.3) is 0 Å². The van der Waals surface area contributed by atoms with E-state index in [4.69, 9.17) is 0 Å². The molecule has 1 aromatic heterocycles. The highest BCUT2D eigenvalue weighted by Gasteiger charge is 2.27. The van der Waals surface area contributed by atoms with Crippen LogP contribution in [-0.4, -0.2) is 16.0 Å². The van der Waals surface area contributed by atoms with Crippen LogP contribution in [0.3, 0.4) is 0 Å². The third kappa shape index (κ3) is 2.26. The van der Waals surface area contributed by atoms with Gasteiger partial charge in [0.05, 0.1) is 0 Å². The van der Waals surface area contributed by atoms with Crippen molar-refractivity contribution < 1.29 is 0 Å². The molecule has 4 nitrogen and oxygen atoms in total. The van der Waals surface area contributed by atoms with Gasteiger partial charge in [-0.25, -0.2) is 4.98 Å². The molecule has 1 saturated carbocycles. The van der Waals surface area contributed by atoms with E-state index >= 15 is 0 Å². The zero-order chi connectivity index (χ0) is 11.5. The van der Waals surface area contributed by atoms with Crippen LogP contribution >= 0.6 is 0 Å². The van der Waals surface area contributed by atoms with Crippen LogP contribution in [0.15, 0.2) is 17.2 Å². The molecule has 0 aliphatic heterocycles. The molecule has 2 rings (SSSR count). The second-order valence-corrected chi connectivity index (χ2v) is 4.79. The number of H-pyrrole nitrogens is 1. The normalized spacial score (nSPS) is 30.0. The largest absolute Gasteiger partial charge is 0.362 e. The van der Waals surface area contributed by atoms with Crippen LogP contribution in [0, 0.1) is 11.8 Å². The third-order valence-corrected chi connectivity index (χ3v) is 3.74. The molecule has 0 saturated heterocycles. The van der Waals surface area contributed by atoms with E-state index in [-0.39, 0.29) is 5.56 Å². The molecular formula is C12H19N3O. The van der Waals surface area contributed by atoms with Gasteiger partial charge in [-0.2, -0.15) is 0 Å². The Kier molecular flexibility index (Phi) is 3.27. The van der Waals surface area contributed by atoms with E-state index in [0.29, 0.717) is 23.7 Å². The first kappa shape index (κ1) is 11.2. The summed E-state index contributed by atoms with van der Waals surface area (Å²) < 4.78 is 0. The van der Waals surface area contributed by atoms with Crippen LogP contribution in [0.2, 0.25) is 0 Å². The number of hydrogen-bond acceptors (Lipinski definition) is 3. The standard InChI is InChI=1S/C12H19N3O/c1-8-4-3-5-10(9(8)2)15-11-12(16)14-7-6-13-11/h6-10H,3-5H2,1-2H3,(H,13,15)(H,14,16). The second-order valence-electron chi connectivity index (χ2n) is 4.79. The van der Waals surface area contributed by atoms with E-state index in [2.05, 4.69) is 29.1 Å². The summed E-state index contributed by atoms with van der Waals surface area (Å²) in [6, 6.07) is 0.375. The lowest BCUT2D eigenvalue weighted by atomic mass is 9.78. The molecule has 88 valence electrons. The van der Waals surface area contributed by atoms with Gasteiger partial charge in [0, 0.05) is 18.4 Å². The van der Waals surface area contributed by atoms with Gasteiger partial charge in [-0.3, -0.25) is 4.79 Å². The van der Waals surface area contributed by atoms with E-state index in [1.54, 1.807) is 12.4 Å². The first-order valence-corrected chi connectivity index (χ1v) is 5.98. The van der Waals surface area contributed by atoms with Crippen LogP contribution in [0.5, 0.6) is 0 Å². The second kappa shape index (κ2) is 4.68. The maximum absolute atomic E-state index is 11.5. The Morgan fingerprint density at radius 1 is 1.44 bits per heavy atom. The molecule has 0 spiro atoms. The molecule has 0 radical (unpaired) electrons. The van der Waals surface area contributed by atoms with Crippen molar-refractivity contribution in [2.24, 2.45) is 11.8 Å². The molecule has 0 amide bonds. The summed E-state index contributed by atoms with van der Waals surface area (Å²) in [6.45, 7) is 4.53. The summed E-state index contributed by atoms with van der Waals surface area (Å²) in [5.74, 6) is 1.76. The van der Waals surface area contributed by atoms with Crippen molar-refractivity contribution in [3.05, 3.63) is 22.7 Å². The van der Waals surface area contributed by atoms with Crippen molar-refractivity contribution in [2.45, 2.75) is 39.2 Å². The Morgan fingerprint density at radius 3 is 3.00 bits per heavy atom. The number of hydrogen-bond donors (Lipinski definition) is 2. The highest BCUT2D eigenvalue weighted by molar-refractivity contribution is 5.32. The fraction of sp³-hybridized carbons (Fsp3) is 0.667. The molecule has 1 fully saturated rings. The van der Waals surface area contributed by atoms with Crippen molar-refractivity contribution in [1.29, 1.82) is 0 Å². The monoisotopic (exact) mass is 221 g/mol. The first-order chi connectivity index (χ1) is 7.68. The van der Waals surface area contributed by atoms with Crippen molar-refractivity contribution in [2.75, 3.05) is 5.32 Å². The summed E-state index contributed by atoms with van der Waals surface area (Å²) >= 11 is 0. The average Bonchev–Trinajstić information content (AvgIpc) is 2.28. The molecule has 1 aliphatic carbocycles. The van der Waals surface area contributed by atoms with Gasteiger partial charge in [0.1, 0.15) is 0 Å². The molecule has 1 heterocycles. The number of anilines is 1. The minimum atomic E-state index is -0.132. The summed E-state index contributed by atoms with van der Waals surface area (Å²) in [4.78, 5) is 18.2. The molecule has 0 aromatic carbocycles. The molecule has 4 heteroatoms. The van der Waals surface area contributed by atoms with Gasteiger partial charge in [0.25, 0.3) is 5.56 Å². The maximum atomic E-state index is 11.5. The molecule has 1 aliphatic rings. The Hall–Kier alpha value is -1.32. The predicted octanol–water partition coefficient (Wildman–Crippen LogP) is 2.01. The first-order valence-electron chi connectivity index (χ1n) is 5.98. The van der Waals surface area contributed by atoms with E-state index in [9.17, 15) is 4.79 Å². The van der Waals surface area contributed by atoms with Gasteiger partial charge < -0.3 is 10.3 Å². The number of nitrogens with zero attached hydrogens (tertiary/aromatic N) is 1. The topological polar surface area (TPSA) is 57.8 Å². The van der Waals surface area contributed by atoms with Crippen molar-refractivity contribution in [1.82, 2.24) is 9.97 Å². The molecule has 1 aromatic rings. The lowest BCUT2D eigenvalue weighted by molar-refractivity contribution is 0.252. The SMILES string of the molecule is CC1CCCC(Nc2ncc[nH]c2=O)C1C. The minimum absolute atomic E-state index is 0.132. The van der Waals surface area contributed by atoms with Gasteiger partial charge in [0.15, 0.2) is 5.82 Å². The molecule has 3 atom stereocenters. The minimum Gasteiger partial charge on any atom is -0.362 e. The Labute approximate surface area is 95.5 Å². The Bertz CT molecular complexity index is 401. The van der Waals surface area contributed by atoms with Crippen molar-refractivity contribution >= 4 is 5.82 Å². The van der Waals surface area contributed by atoms with Crippen LogP contribution in [-0.2, 0) is 0 Å². The number of rotatable bonds is 2. The van der Waals surface area contributed by atoms with Crippen molar-refractivity contribution in [3.8, 4) is 0 Å². The summed E-state index contributed by atoms with van der Waals surface area (Å²) in [5, 5.41) is 3.27. The lowest BCUT2D eigenvalue weighted by Crippen LogP contribution is -2.36. The quantitative estimate of drug-likeness (QED) is 0.803. The molecule has 0 bridgehead atoms. The third-order valence-electron chi connectivity index (χ3n) is 3.74. The number of aromatic nitrogens is 2. The predicted molar refractivity (Wildman–Crippen MR) is 64.4 cm³/mol. The van der Waals surface area contributed by atoms with Crippen LogP contribution < -0.4 is 10.9 Å². The highest BCUT2D eigenvalue weighted by Crippen LogP contribution is 2.30. The van der Waals surface area contributed by atoms with Gasteiger partial charge in [0.2, 0.25) is 0 Å². The van der Waals surface area contributed by atoms with Crippen LogP contribution in [0.1, 0.15) is 33.1 Å². The number of aromatic amines is 1. The van der Waals surface area contributed by atoms with E-state index in [0.717, 1.165) is 6.42 Å². The summed E-state index contributed by atoms with van der Waals surface area (Å²) in [7, 11) is 0. The fourth-order valence-corrected chi connectivity index (χ4v) is 2.42. The average molecular weight is 221 g/mol. The van der Waals surface area contributed by atoms with E-state index < -0.39 is 0 Å².